The maximum absolute atomic E-state index is 14.6. The third kappa shape index (κ3) is 5.54. The van der Waals surface area contributed by atoms with E-state index in [1.165, 1.54) is 6.08 Å². The number of likely N-dealkylation sites (tertiary alicyclic amines) is 1. The lowest BCUT2D eigenvalue weighted by Crippen LogP contribution is -2.60. The number of aliphatic hydroxyl groups is 1. The van der Waals surface area contributed by atoms with Crippen LogP contribution in [0.2, 0.25) is 0 Å². The Balaban J connectivity index is 1.71. The Kier molecular flexibility index (Phi) is 9.83. The molecular weight excluding hydrogens is 518 g/mol. The summed E-state index contributed by atoms with van der Waals surface area (Å²) in [6.07, 6.45) is 4.56. The first-order valence-corrected chi connectivity index (χ1v) is 15.2. The van der Waals surface area contributed by atoms with Gasteiger partial charge in [-0.1, -0.05) is 39.5 Å². The van der Waals surface area contributed by atoms with Gasteiger partial charge >= 0.3 is 5.97 Å². The number of fused-ring (bicyclic) bond motifs is 1. The lowest BCUT2D eigenvalue weighted by Gasteiger charge is -2.42. The lowest BCUT2D eigenvalue weighted by atomic mass is 9.66. The van der Waals surface area contributed by atoms with Crippen LogP contribution in [0, 0.1) is 23.7 Å². The van der Waals surface area contributed by atoms with Gasteiger partial charge in [0.1, 0.15) is 12.6 Å². The molecule has 0 aromatic heterocycles. The fourth-order valence-electron chi connectivity index (χ4n) is 7.17. The monoisotopic (exact) mass is 563 g/mol. The second-order valence-corrected chi connectivity index (χ2v) is 13.3. The van der Waals surface area contributed by atoms with Gasteiger partial charge in [-0.15, -0.1) is 18.3 Å². The van der Waals surface area contributed by atoms with Crippen LogP contribution >= 0.6 is 11.8 Å². The van der Waals surface area contributed by atoms with Crippen molar-refractivity contribution in [1.29, 1.82) is 0 Å². The molecule has 0 aromatic rings. The van der Waals surface area contributed by atoms with Gasteiger partial charge in [0.2, 0.25) is 11.8 Å². The molecule has 2 bridgehead atoms. The molecule has 4 saturated heterocycles. The largest absolute Gasteiger partial charge is 0.461 e. The predicted molar refractivity (Wildman–Crippen MR) is 151 cm³/mol. The summed E-state index contributed by atoms with van der Waals surface area (Å²) in [5.41, 5.74) is 0. The molecule has 3 unspecified atom stereocenters. The Labute approximate surface area is 236 Å². The Morgan fingerprint density at radius 1 is 1.28 bits per heavy atom. The number of nitrogens with zero attached hydrogens (tertiary/aromatic N) is 3. The topological polar surface area (TPSA) is 99.6 Å². The van der Waals surface area contributed by atoms with E-state index in [4.69, 9.17) is 9.47 Å². The molecule has 0 aromatic carbocycles. The fourth-order valence-corrected chi connectivity index (χ4v) is 9.56. The maximum Gasteiger partial charge on any atom is 0.311 e. The normalized spacial score (nSPS) is 32.8. The van der Waals surface area contributed by atoms with Gasteiger partial charge in [-0.25, -0.2) is 0 Å². The van der Waals surface area contributed by atoms with Crippen molar-refractivity contribution >= 4 is 29.5 Å². The van der Waals surface area contributed by atoms with E-state index < -0.39 is 34.6 Å². The summed E-state index contributed by atoms with van der Waals surface area (Å²) in [6, 6.07) is -1.27. The molecule has 4 aliphatic heterocycles. The molecule has 4 aliphatic rings. The smallest absolute Gasteiger partial charge is 0.311 e. The number of carbonyl (C=O) groups is 3. The Morgan fingerprint density at radius 3 is 2.62 bits per heavy atom. The van der Waals surface area contributed by atoms with E-state index in [1.807, 2.05) is 13.8 Å². The lowest BCUT2D eigenvalue weighted by molar-refractivity contribution is -0.154. The van der Waals surface area contributed by atoms with Gasteiger partial charge in [-0.2, -0.15) is 0 Å². The molecule has 0 aliphatic carbocycles. The Morgan fingerprint density at radius 2 is 2.00 bits per heavy atom. The van der Waals surface area contributed by atoms with E-state index in [9.17, 15) is 19.5 Å². The second kappa shape index (κ2) is 12.7. The van der Waals surface area contributed by atoms with E-state index in [2.05, 4.69) is 25.0 Å². The van der Waals surface area contributed by atoms with Gasteiger partial charge in [-0.3, -0.25) is 19.3 Å². The number of thioether (sulfide) groups is 1. The molecular formula is C29H45N3O6S. The summed E-state index contributed by atoms with van der Waals surface area (Å²) >= 11 is 1.63. The fraction of sp³-hybridized carbons (Fsp3) is 0.759. The maximum atomic E-state index is 14.6. The third-order valence-electron chi connectivity index (χ3n) is 8.83. The Hall–Kier alpha value is -1.88. The number of carbonyl (C=O) groups excluding carboxylic acids is 3. The summed E-state index contributed by atoms with van der Waals surface area (Å²) < 4.78 is 10.2. The standard InChI is InChI=1S/C29H45N3O6S/c1-6-8-31(10-9-30-11-14-37-15-12-30)27(35)25-29-20(5)17-22(39-29)23(28(36)38-13-7-2)24(29)26(34)32(25)21(18-33)16-19(3)4/h6-7,19-25,33H,1-2,8-18H2,3-5H3/t20?,21-,22+,23-,24+,25?,29?/m1/s1. The number of ether oxygens (including phenoxy) is 2. The zero-order valence-corrected chi connectivity index (χ0v) is 24.4. The van der Waals surface area contributed by atoms with Crippen LogP contribution in [-0.4, -0.2) is 119 Å². The molecule has 1 N–H and O–H groups in total. The summed E-state index contributed by atoms with van der Waals surface area (Å²) in [6.45, 7) is 18.2. The molecule has 218 valence electrons. The molecule has 1 spiro atoms. The number of amides is 2. The zero-order chi connectivity index (χ0) is 28.3. The van der Waals surface area contributed by atoms with E-state index in [0.717, 1.165) is 19.5 Å². The number of esters is 1. The number of hydrogen-bond donors (Lipinski definition) is 1. The second-order valence-electron chi connectivity index (χ2n) is 11.7. The number of rotatable bonds is 13. The van der Waals surface area contributed by atoms with Gasteiger partial charge in [0, 0.05) is 38.0 Å². The van der Waals surface area contributed by atoms with E-state index >= 15 is 0 Å². The van der Waals surface area contributed by atoms with Crippen molar-refractivity contribution in [2.75, 3.05) is 59.2 Å². The molecule has 39 heavy (non-hydrogen) atoms. The van der Waals surface area contributed by atoms with Gasteiger partial charge in [0.25, 0.3) is 0 Å². The summed E-state index contributed by atoms with van der Waals surface area (Å²) in [4.78, 5) is 48.0. The van der Waals surface area contributed by atoms with E-state index in [0.29, 0.717) is 39.3 Å². The molecule has 4 heterocycles. The van der Waals surface area contributed by atoms with Crippen molar-refractivity contribution in [1.82, 2.24) is 14.7 Å². The van der Waals surface area contributed by atoms with E-state index in [-0.39, 0.29) is 42.1 Å². The molecule has 0 radical (unpaired) electrons. The van der Waals surface area contributed by atoms with Crippen LogP contribution < -0.4 is 0 Å². The first-order valence-electron chi connectivity index (χ1n) is 14.3. The molecule has 0 saturated carbocycles. The number of morpholine rings is 1. The van der Waals surface area contributed by atoms with Crippen LogP contribution in [-0.2, 0) is 23.9 Å². The Bertz CT molecular complexity index is 940. The quantitative estimate of drug-likeness (QED) is 0.268. The molecule has 4 rings (SSSR count). The highest BCUT2D eigenvalue weighted by Crippen LogP contribution is 2.69. The molecule has 4 fully saturated rings. The van der Waals surface area contributed by atoms with Crippen LogP contribution in [0.3, 0.4) is 0 Å². The highest BCUT2D eigenvalue weighted by atomic mass is 32.2. The predicted octanol–water partition coefficient (Wildman–Crippen LogP) is 1.81. The van der Waals surface area contributed by atoms with Crippen molar-refractivity contribution in [2.45, 2.75) is 55.7 Å². The van der Waals surface area contributed by atoms with Crippen LogP contribution in [0.4, 0.5) is 0 Å². The summed E-state index contributed by atoms with van der Waals surface area (Å²) in [7, 11) is 0. The average molecular weight is 564 g/mol. The van der Waals surface area contributed by atoms with Crippen molar-refractivity contribution in [2.24, 2.45) is 23.7 Å². The SMILES string of the molecule is C=CCOC(=O)[C@@H]1[C@@H]2CC(C)C3(S2)C(C(=O)N(CC=C)CCN2CCOCC2)N([C@@H](CO)CC(C)C)C(=O)[C@H]13. The van der Waals surface area contributed by atoms with Gasteiger partial charge in [0.15, 0.2) is 0 Å². The minimum atomic E-state index is -0.766. The summed E-state index contributed by atoms with van der Waals surface area (Å²) in [5.74, 6) is -1.74. The highest BCUT2D eigenvalue weighted by molar-refractivity contribution is 8.02. The van der Waals surface area contributed by atoms with Crippen molar-refractivity contribution in [3.63, 3.8) is 0 Å². The van der Waals surface area contributed by atoms with Crippen molar-refractivity contribution in [3.8, 4) is 0 Å². The van der Waals surface area contributed by atoms with Crippen LogP contribution in [0.15, 0.2) is 25.3 Å². The van der Waals surface area contributed by atoms with Crippen molar-refractivity contribution in [3.05, 3.63) is 25.3 Å². The number of hydrogen-bond acceptors (Lipinski definition) is 8. The first-order chi connectivity index (χ1) is 18.7. The van der Waals surface area contributed by atoms with E-state index in [1.54, 1.807) is 27.6 Å². The first kappa shape index (κ1) is 30.1. The molecule has 9 nitrogen and oxygen atoms in total. The summed E-state index contributed by atoms with van der Waals surface area (Å²) in [5, 5.41) is 10.4. The van der Waals surface area contributed by atoms with Gasteiger partial charge in [-0.05, 0) is 24.7 Å². The third-order valence-corrected chi connectivity index (χ3v) is 10.9. The minimum Gasteiger partial charge on any atom is -0.461 e. The number of aliphatic hydroxyl groups excluding tert-OH is 1. The minimum absolute atomic E-state index is 0.0482. The average Bonchev–Trinajstić information content (AvgIpc) is 3.52. The molecule has 2 amide bonds. The van der Waals surface area contributed by atoms with Crippen molar-refractivity contribution < 1.29 is 29.0 Å². The molecule has 10 heteroatoms. The van der Waals surface area contributed by atoms with Crippen LogP contribution in [0.5, 0.6) is 0 Å². The van der Waals surface area contributed by atoms with Crippen LogP contribution in [0.1, 0.15) is 33.6 Å². The highest BCUT2D eigenvalue weighted by Gasteiger charge is 2.77. The van der Waals surface area contributed by atoms with Gasteiger partial charge < -0.3 is 24.4 Å². The van der Waals surface area contributed by atoms with Gasteiger partial charge in [0.05, 0.1) is 42.4 Å². The zero-order valence-electron chi connectivity index (χ0n) is 23.6. The van der Waals surface area contributed by atoms with Crippen LogP contribution in [0.25, 0.3) is 0 Å². The molecule has 7 atom stereocenters.